The Hall–Kier alpha value is -1.94. The molecule has 0 saturated carbocycles. The van der Waals surface area contributed by atoms with Gasteiger partial charge in [-0.1, -0.05) is 441 Å². The molecule has 0 amide bonds. The van der Waals surface area contributed by atoms with Gasteiger partial charge in [0.25, 0.3) is 0 Å². The van der Waals surface area contributed by atoms with Crippen molar-refractivity contribution in [2.45, 2.75) is 510 Å². The first kappa shape index (κ1) is 110. The summed E-state index contributed by atoms with van der Waals surface area (Å²) in [5, 5.41) is 10.7. The molecule has 0 heterocycles. The quantitative estimate of drug-likeness (QED) is 0.0222. The second-order valence-corrected chi connectivity index (χ2v) is 38.0. The highest BCUT2D eigenvalue weighted by atomic mass is 31.2. The lowest BCUT2D eigenvalue weighted by atomic mass is 9.99. The number of unbranched alkanes of at least 4 members (excludes halogenated alkanes) is 55. The average molecular weight is 1630 g/mol. The van der Waals surface area contributed by atoms with Crippen LogP contribution in [0, 0.1) is 23.7 Å². The molecule has 0 radical (unpaired) electrons. The number of phosphoric ester groups is 2. The number of phosphoric acid groups is 2. The molecule has 0 fully saturated rings. The predicted molar refractivity (Wildman–Crippen MR) is 464 cm³/mol. The first-order valence-electron chi connectivity index (χ1n) is 47.7. The van der Waals surface area contributed by atoms with Crippen LogP contribution in [0.4, 0.5) is 0 Å². The van der Waals surface area contributed by atoms with E-state index in [2.05, 4.69) is 55.4 Å². The minimum absolute atomic E-state index is 0.107. The number of esters is 4. The molecular weight excluding hydrogens is 1450 g/mol. The van der Waals surface area contributed by atoms with Crippen molar-refractivity contribution in [1.29, 1.82) is 0 Å². The molecule has 0 rings (SSSR count). The number of ether oxygens (including phenoxy) is 4. The summed E-state index contributed by atoms with van der Waals surface area (Å²) in [7, 11) is -9.94. The van der Waals surface area contributed by atoms with Crippen molar-refractivity contribution in [3.05, 3.63) is 0 Å². The van der Waals surface area contributed by atoms with E-state index in [0.29, 0.717) is 25.7 Å². The van der Waals surface area contributed by atoms with Crippen LogP contribution < -0.4 is 0 Å². The van der Waals surface area contributed by atoms with Gasteiger partial charge in [0.05, 0.1) is 26.4 Å². The smallest absolute Gasteiger partial charge is 0.462 e. The first-order valence-corrected chi connectivity index (χ1v) is 50.7. The molecule has 0 aliphatic carbocycles. The molecule has 3 unspecified atom stereocenters. The van der Waals surface area contributed by atoms with Crippen molar-refractivity contribution in [1.82, 2.24) is 0 Å². The van der Waals surface area contributed by atoms with E-state index in [1.807, 2.05) is 0 Å². The number of aliphatic hydroxyl groups excluding tert-OH is 1. The van der Waals surface area contributed by atoms with E-state index in [1.54, 1.807) is 0 Å². The molecule has 0 spiro atoms. The summed E-state index contributed by atoms with van der Waals surface area (Å²) in [5.74, 6) is 1.12. The van der Waals surface area contributed by atoms with Crippen LogP contribution in [0.1, 0.15) is 492 Å². The lowest BCUT2D eigenvalue weighted by Crippen LogP contribution is -2.30. The summed E-state index contributed by atoms with van der Waals surface area (Å²) in [4.78, 5) is 73.5. The van der Waals surface area contributed by atoms with Gasteiger partial charge in [0, 0.05) is 25.7 Å². The Bertz CT molecular complexity index is 2170. The van der Waals surface area contributed by atoms with Gasteiger partial charge in [0.15, 0.2) is 12.2 Å². The van der Waals surface area contributed by atoms with Crippen molar-refractivity contribution in [2.75, 3.05) is 39.6 Å². The van der Waals surface area contributed by atoms with Gasteiger partial charge in [-0.15, -0.1) is 0 Å². The van der Waals surface area contributed by atoms with E-state index in [9.17, 15) is 43.2 Å². The monoisotopic (exact) mass is 1630 g/mol. The van der Waals surface area contributed by atoms with Gasteiger partial charge >= 0.3 is 39.5 Å². The molecule has 0 aromatic rings. The molecule has 112 heavy (non-hydrogen) atoms. The highest BCUT2D eigenvalue weighted by Crippen LogP contribution is 2.45. The SMILES string of the molecule is CCC(C)CCCCCCCCCCCCCCCCCCCCC(=O)O[C@H](COC(=O)CCCCCCCCCCCCCCCCCCCCC(C)C)COP(=O)(O)OC[C@@H](O)COP(=O)(O)OC[C@@H](COC(=O)CCCCCCCCCCC(C)C)OC(=O)CCCCCCCCCCCCCCCCCC(C)C. The fourth-order valence-corrected chi connectivity index (χ4v) is 16.1. The number of hydrogen-bond donors (Lipinski definition) is 3. The molecule has 0 saturated heterocycles. The number of rotatable bonds is 90. The second-order valence-electron chi connectivity index (χ2n) is 35.1. The zero-order valence-corrected chi connectivity index (χ0v) is 76.1. The van der Waals surface area contributed by atoms with Crippen LogP contribution in [0.15, 0.2) is 0 Å². The van der Waals surface area contributed by atoms with Crippen LogP contribution in [0.25, 0.3) is 0 Å². The molecule has 3 N–H and O–H groups in total. The zero-order chi connectivity index (χ0) is 82.3. The van der Waals surface area contributed by atoms with E-state index in [-0.39, 0.29) is 25.7 Å². The number of carbonyl (C=O) groups excluding carboxylic acids is 4. The molecule has 6 atom stereocenters. The predicted octanol–water partition coefficient (Wildman–Crippen LogP) is 28.7. The third-order valence-electron chi connectivity index (χ3n) is 22.2. The fraction of sp³-hybridized carbons (Fsp3) is 0.957. The molecule has 666 valence electrons. The van der Waals surface area contributed by atoms with Crippen LogP contribution in [0.2, 0.25) is 0 Å². The Morgan fingerprint density at radius 3 is 0.634 bits per heavy atom. The normalized spacial score (nSPS) is 14.1. The summed E-state index contributed by atoms with van der Waals surface area (Å²) in [6.07, 6.45) is 73.7. The summed E-state index contributed by atoms with van der Waals surface area (Å²) >= 11 is 0. The van der Waals surface area contributed by atoms with E-state index in [0.717, 1.165) is 114 Å². The highest BCUT2D eigenvalue weighted by Gasteiger charge is 2.31. The van der Waals surface area contributed by atoms with E-state index < -0.39 is 97.5 Å². The van der Waals surface area contributed by atoms with Crippen molar-refractivity contribution in [3.8, 4) is 0 Å². The molecule has 0 aliphatic rings. The van der Waals surface area contributed by atoms with Crippen LogP contribution >= 0.6 is 15.6 Å². The third-order valence-corrected chi connectivity index (χ3v) is 24.1. The topological polar surface area (TPSA) is 237 Å². The van der Waals surface area contributed by atoms with E-state index >= 15 is 0 Å². The van der Waals surface area contributed by atoms with Crippen LogP contribution in [0.3, 0.4) is 0 Å². The minimum atomic E-state index is -4.97. The second kappa shape index (κ2) is 81.4. The van der Waals surface area contributed by atoms with Crippen molar-refractivity contribution in [3.63, 3.8) is 0 Å². The van der Waals surface area contributed by atoms with Crippen LogP contribution in [-0.4, -0.2) is 96.7 Å². The minimum Gasteiger partial charge on any atom is -0.462 e. The fourth-order valence-electron chi connectivity index (χ4n) is 14.5. The molecule has 17 nitrogen and oxygen atoms in total. The molecule has 0 aromatic heterocycles. The standard InChI is InChI=1S/C93H182O17P2/c1-9-86(8)72-64-56-48-39-33-27-21-15-11-13-17-23-29-35-41-51-59-67-75-92(97)109-88(79-103-90(95)73-65-57-49-40-34-28-22-16-12-10-14-19-25-31-37-45-53-61-69-83(2)3)81-107-111(99,100)105-77-87(94)78-106-112(101,102)108-82-89(80-104-91(96)74-66-58-50-44-43-47-55-63-71-85(6)7)110-93(98)76-68-60-52-42-36-30-24-18-20-26-32-38-46-54-62-70-84(4)5/h83-89,94H,9-82H2,1-8H3,(H,99,100)(H,101,102)/t86?,87-,88-,89-/m1/s1. The molecule has 19 heteroatoms. The Morgan fingerprint density at radius 1 is 0.250 bits per heavy atom. The Kier molecular flexibility index (Phi) is 80.0. The summed E-state index contributed by atoms with van der Waals surface area (Å²) < 4.78 is 69.1. The number of aliphatic hydroxyl groups is 1. The van der Waals surface area contributed by atoms with Crippen LogP contribution in [-0.2, 0) is 65.4 Å². The van der Waals surface area contributed by atoms with Gasteiger partial charge in [-0.3, -0.25) is 37.3 Å². The van der Waals surface area contributed by atoms with E-state index in [4.69, 9.17) is 37.0 Å². The molecule has 0 aromatic carbocycles. The molecule has 0 aliphatic heterocycles. The largest absolute Gasteiger partial charge is 0.472 e. The van der Waals surface area contributed by atoms with Gasteiger partial charge in [-0.2, -0.15) is 0 Å². The lowest BCUT2D eigenvalue weighted by molar-refractivity contribution is -0.161. The van der Waals surface area contributed by atoms with E-state index in [1.165, 1.54) is 295 Å². The first-order chi connectivity index (χ1) is 54.1. The maximum Gasteiger partial charge on any atom is 0.472 e. The maximum absolute atomic E-state index is 13.2. The van der Waals surface area contributed by atoms with Crippen molar-refractivity contribution in [2.24, 2.45) is 23.7 Å². The summed E-state index contributed by atoms with van der Waals surface area (Å²) in [6.45, 7) is 14.4. The Balaban J connectivity index is 5.23. The summed E-state index contributed by atoms with van der Waals surface area (Å²) in [5.41, 5.74) is 0. The van der Waals surface area contributed by atoms with Crippen LogP contribution in [0.5, 0.6) is 0 Å². The van der Waals surface area contributed by atoms with Gasteiger partial charge in [-0.25, -0.2) is 9.13 Å². The Morgan fingerprint density at radius 2 is 0.429 bits per heavy atom. The number of hydrogen-bond acceptors (Lipinski definition) is 15. The Labute approximate surface area is 689 Å². The summed E-state index contributed by atoms with van der Waals surface area (Å²) in [6, 6.07) is 0. The van der Waals surface area contributed by atoms with Gasteiger partial charge in [-0.05, 0) is 49.4 Å². The highest BCUT2D eigenvalue weighted by molar-refractivity contribution is 7.47. The average Bonchev–Trinajstić information content (AvgIpc) is 0.901. The molecule has 0 bridgehead atoms. The molecular formula is C93H182O17P2. The lowest BCUT2D eigenvalue weighted by Gasteiger charge is -2.21. The van der Waals surface area contributed by atoms with Gasteiger partial charge in [0.1, 0.15) is 19.3 Å². The van der Waals surface area contributed by atoms with Gasteiger partial charge in [0.2, 0.25) is 0 Å². The van der Waals surface area contributed by atoms with Gasteiger partial charge < -0.3 is 33.8 Å². The third kappa shape index (κ3) is 84.5. The van der Waals surface area contributed by atoms with Crippen molar-refractivity contribution >= 4 is 39.5 Å². The number of carbonyl (C=O) groups is 4. The van der Waals surface area contributed by atoms with Crippen molar-refractivity contribution < 1.29 is 80.2 Å². The zero-order valence-electron chi connectivity index (χ0n) is 74.3. The maximum atomic E-state index is 13.2.